The molecule has 74 valence electrons. The van der Waals surface area contributed by atoms with Crippen LogP contribution in [0, 0.1) is 0 Å². The van der Waals surface area contributed by atoms with Gasteiger partial charge in [0.1, 0.15) is 6.29 Å². The lowest BCUT2D eigenvalue weighted by Crippen LogP contribution is -2.00. The Hall–Kier alpha value is -0.590. The molecule has 1 heteroatoms. The Morgan fingerprint density at radius 2 is 2.00 bits per heavy atom. The van der Waals surface area contributed by atoms with E-state index in [1.807, 2.05) is 0 Å². The third-order valence-corrected chi connectivity index (χ3v) is 2.85. The maximum atomic E-state index is 10.9. The zero-order valence-corrected chi connectivity index (χ0v) is 8.64. The van der Waals surface area contributed by atoms with E-state index < -0.39 is 0 Å². The summed E-state index contributed by atoms with van der Waals surface area (Å²) < 4.78 is 0. The van der Waals surface area contributed by atoms with Crippen molar-refractivity contribution in [3.05, 3.63) is 11.1 Å². The van der Waals surface area contributed by atoms with E-state index in [1.165, 1.54) is 44.1 Å². The van der Waals surface area contributed by atoms with Crippen molar-refractivity contribution >= 4 is 6.29 Å². The van der Waals surface area contributed by atoms with Crippen molar-refractivity contribution in [1.29, 1.82) is 0 Å². The largest absolute Gasteiger partial charge is 0.298 e. The second kappa shape index (κ2) is 5.95. The van der Waals surface area contributed by atoms with Crippen molar-refractivity contribution in [2.45, 2.75) is 58.3 Å². The lowest BCUT2D eigenvalue weighted by molar-refractivity contribution is -0.105. The summed E-state index contributed by atoms with van der Waals surface area (Å²) in [5, 5.41) is 0. The average Bonchev–Trinajstić information content (AvgIpc) is 2.21. The summed E-state index contributed by atoms with van der Waals surface area (Å²) in [7, 11) is 0. The number of hydrogen-bond acceptors (Lipinski definition) is 1. The van der Waals surface area contributed by atoms with E-state index >= 15 is 0 Å². The summed E-state index contributed by atoms with van der Waals surface area (Å²) in [5.41, 5.74) is 2.57. The molecule has 1 nitrogen and oxygen atoms in total. The standard InChI is InChI=1S/C12H20O/c1-2-3-7-12(10-13)11-8-5-4-6-9-11/h10H,2-9H2,1H3. The van der Waals surface area contributed by atoms with Crippen LogP contribution in [0.5, 0.6) is 0 Å². The molecule has 1 fully saturated rings. The highest BCUT2D eigenvalue weighted by atomic mass is 16.1. The molecule has 0 bridgehead atoms. The third-order valence-electron chi connectivity index (χ3n) is 2.85. The maximum Gasteiger partial charge on any atom is 0.145 e. The molecule has 0 aromatic heterocycles. The summed E-state index contributed by atoms with van der Waals surface area (Å²) >= 11 is 0. The van der Waals surface area contributed by atoms with E-state index in [4.69, 9.17) is 0 Å². The number of unbranched alkanes of at least 4 members (excludes halogenated alkanes) is 1. The van der Waals surface area contributed by atoms with Gasteiger partial charge in [-0.25, -0.2) is 0 Å². The molecule has 0 radical (unpaired) electrons. The maximum absolute atomic E-state index is 10.9. The van der Waals surface area contributed by atoms with Gasteiger partial charge in [0, 0.05) is 0 Å². The molecule has 1 aliphatic rings. The lowest BCUT2D eigenvalue weighted by Gasteiger charge is -2.16. The molecule has 0 unspecified atom stereocenters. The molecule has 1 rings (SSSR count). The average molecular weight is 180 g/mol. The van der Waals surface area contributed by atoms with Crippen LogP contribution in [0.15, 0.2) is 11.1 Å². The van der Waals surface area contributed by atoms with Gasteiger partial charge in [-0.2, -0.15) is 0 Å². The van der Waals surface area contributed by atoms with Crippen molar-refractivity contribution in [1.82, 2.24) is 0 Å². The quantitative estimate of drug-likeness (QED) is 0.477. The minimum absolute atomic E-state index is 1.01. The fourth-order valence-corrected chi connectivity index (χ4v) is 1.99. The Balaban J connectivity index is 2.53. The highest BCUT2D eigenvalue weighted by Gasteiger charge is 2.09. The van der Waals surface area contributed by atoms with Crippen molar-refractivity contribution in [3.63, 3.8) is 0 Å². The fourth-order valence-electron chi connectivity index (χ4n) is 1.99. The second-order valence-corrected chi connectivity index (χ2v) is 3.91. The molecule has 0 atom stereocenters. The first-order valence-electron chi connectivity index (χ1n) is 5.54. The molecule has 0 aromatic rings. The molecule has 1 saturated carbocycles. The normalized spacial score (nSPS) is 17.2. The van der Waals surface area contributed by atoms with Crippen LogP contribution in [-0.4, -0.2) is 6.29 Å². The molecule has 0 heterocycles. The summed E-state index contributed by atoms with van der Waals surface area (Å²) in [6.07, 6.45) is 10.7. The summed E-state index contributed by atoms with van der Waals surface area (Å²) in [4.78, 5) is 10.9. The molecule has 0 spiro atoms. The van der Waals surface area contributed by atoms with Crippen LogP contribution in [0.4, 0.5) is 0 Å². The number of rotatable bonds is 4. The van der Waals surface area contributed by atoms with E-state index in [0.717, 1.165) is 24.7 Å². The Kier molecular flexibility index (Phi) is 4.81. The molecule has 0 aromatic carbocycles. The molecule has 0 amide bonds. The minimum Gasteiger partial charge on any atom is -0.298 e. The smallest absolute Gasteiger partial charge is 0.145 e. The predicted molar refractivity (Wildman–Crippen MR) is 55.7 cm³/mol. The monoisotopic (exact) mass is 180 g/mol. The molecule has 1 aliphatic carbocycles. The van der Waals surface area contributed by atoms with E-state index in [2.05, 4.69) is 6.92 Å². The number of carbonyl (C=O) groups is 1. The van der Waals surface area contributed by atoms with Crippen LogP contribution in [0.3, 0.4) is 0 Å². The number of hydrogen-bond donors (Lipinski definition) is 0. The Morgan fingerprint density at radius 1 is 1.31 bits per heavy atom. The van der Waals surface area contributed by atoms with Crippen LogP contribution in [-0.2, 0) is 4.79 Å². The fraction of sp³-hybridized carbons (Fsp3) is 0.750. The van der Waals surface area contributed by atoms with Gasteiger partial charge in [-0.15, -0.1) is 0 Å². The highest BCUT2D eigenvalue weighted by Crippen LogP contribution is 2.26. The number of carbonyl (C=O) groups excluding carboxylic acids is 1. The Bertz CT molecular complexity index is 183. The first-order valence-corrected chi connectivity index (χ1v) is 5.54. The summed E-state index contributed by atoms with van der Waals surface area (Å²) in [6, 6.07) is 0. The summed E-state index contributed by atoms with van der Waals surface area (Å²) in [6.45, 7) is 2.17. The van der Waals surface area contributed by atoms with E-state index in [1.54, 1.807) is 0 Å². The number of aldehydes is 1. The lowest BCUT2D eigenvalue weighted by atomic mass is 9.90. The van der Waals surface area contributed by atoms with E-state index in [9.17, 15) is 4.79 Å². The molecule has 0 saturated heterocycles. The zero-order chi connectivity index (χ0) is 9.52. The van der Waals surface area contributed by atoms with Gasteiger partial charge >= 0.3 is 0 Å². The zero-order valence-electron chi connectivity index (χ0n) is 8.64. The summed E-state index contributed by atoms with van der Waals surface area (Å²) in [5.74, 6) is 0. The van der Waals surface area contributed by atoms with Gasteiger partial charge in [-0.3, -0.25) is 4.79 Å². The third kappa shape index (κ3) is 3.33. The van der Waals surface area contributed by atoms with Crippen molar-refractivity contribution in [3.8, 4) is 0 Å². The first-order chi connectivity index (χ1) is 6.38. The van der Waals surface area contributed by atoms with Crippen LogP contribution in [0.1, 0.15) is 58.3 Å². The van der Waals surface area contributed by atoms with E-state index in [0.29, 0.717) is 0 Å². The van der Waals surface area contributed by atoms with Gasteiger partial charge in [0.2, 0.25) is 0 Å². The van der Waals surface area contributed by atoms with Gasteiger partial charge in [0.05, 0.1) is 0 Å². The molecule has 13 heavy (non-hydrogen) atoms. The minimum atomic E-state index is 1.01. The molecule has 0 aliphatic heterocycles. The van der Waals surface area contributed by atoms with Gasteiger partial charge in [0.15, 0.2) is 0 Å². The molecule has 0 N–H and O–H groups in total. The first kappa shape index (κ1) is 10.5. The topological polar surface area (TPSA) is 17.1 Å². The van der Waals surface area contributed by atoms with Crippen LogP contribution < -0.4 is 0 Å². The Morgan fingerprint density at radius 3 is 2.54 bits per heavy atom. The van der Waals surface area contributed by atoms with Crippen LogP contribution in [0.2, 0.25) is 0 Å². The number of allylic oxidation sites excluding steroid dienone is 2. The molecular weight excluding hydrogens is 160 g/mol. The highest BCUT2D eigenvalue weighted by molar-refractivity contribution is 5.74. The van der Waals surface area contributed by atoms with Gasteiger partial charge in [-0.05, 0) is 44.1 Å². The van der Waals surface area contributed by atoms with Crippen LogP contribution >= 0.6 is 0 Å². The Labute approximate surface area is 81.2 Å². The van der Waals surface area contributed by atoms with E-state index in [-0.39, 0.29) is 0 Å². The van der Waals surface area contributed by atoms with Gasteiger partial charge in [-0.1, -0.05) is 25.3 Å². The predicted octanol–water partition coefficient (Wildman–Crippen LogP) is 3.64. The van der Waals surface area contributed by atoms with Gasteiger partial charge < -0.3 is 0 Å². The van der Waals surface area contributed by atoms with Crippen molar-refractivity contribution in [2.75, 3.05) is 0 Å². The van der Waals surface area contributed by atoms with Crippen molar-refractivity contribution in [2.24, 2.45) is 0 Å². The van der Waals surface area contributed by atoms with Gasteiger partial charge in [0.25, 0.3) is 0 Å². The van der Waals surface area contributed by atoms with Crippen molar-refractivity contribution < 1.29 is 4.79 Å². The van der Waals surface area contributed by atoms with Crippen LogP contribution in [0.25, 0.3) is 0 Å². The second-order valence-electron chi connectivity index (χ2n) is 3.91. The SMILES string of the molecule is CCCCC(C=O)=C1CCCCC1. The molecular formula is C12H20O.